The molecule has 24 heavy (non-hydrogen) atoms. The third kappa shape index (κ3) is 3.17. The van der Waals surface area contributed by atoms with E-state index in [1.54, 1.807) is 11.3 Å². The van der Waals surface area contributed by atoms with Gasteiger partial charge in [0.05, 0.1) is 17.7 Å². The number of hydrogen-bond acceptors (Lipinski definition) is 4. The van der Waals surface area contributed by atoms with Crippen molar-refractivity contribution in [3.8, 4) is 0 Å². The molecular formula is C17H23N5OS. The summed E-state index contributed by atoms with van der Waals surface area (Å²) < 4.78 is 2.18. The van der Waals surface area contributed by atoms with E-state index < -0.39 is 0 Å². The summed E-state index contributed by atoms with van der Waals surface area (Å²) in [6, 6.07) is 0.217. The lowest BCUT2D eigenvalue weighted by Crippen LogP contribution is -2.46. The van der Waals surface area contributed by atoms with Gasteiger partial charge >= 0.3 is 6.03 Å². The number of carbonyl (C=O) groups excluding carboxylic acids is 1. The van der Waals surface area contributed by atoms with Crippen LogP contribution in [-0.4, -0.2) is 56.5 Å². The van der Waals surface area contributed by atoms with E-state index in [9.17, 15) is 4.79 Å². The summed E-state index contributed by atoms with van der Waals surface area (Å²) in [6.45, 7) is 4.24. The first-order valence-corrected chi connectivity index (χ1v) is 9.67. The first kappa shape index (κ1) is 15.6. The minimum Gasteiger partial charge on any atom is -0.329 e. The number of piperidine rings is 1. The molecule has 2 aliphatic heterocycles. The molecule has 4 heterocycles. The van der Waals surface area contributed by atoms with Crippen molar-refractivity contribution in [2.45, 2.75) is 38.1 Å². The molecule has 7 heteroatoms. The number of likely N-dealkylation sites (tertiary alicyclic amines) is 2. The Bertz CT molecular complexity index is 677. The van der Waals surface area contributed by atoms with Crippen molar-refractivity contribution in [2.24, 2.45) is 0 Å². The highest BCUT2D eigenvalue weighted by Crippen LogP contribution is 2.27. The Balaban J connectivity index is 1.46. The Kier molecular flexibility index (Phi) is 4.51. The second-order valence-electron chi connectivity index (χ2n) is 6.66. The average molecular weight is 345 g/mol. The third-order valence-electron chi connectivity index (χ3n) is 5.00. The Morgan fingerprint density at radius 1 is 1.17 bits per heavy atom. The molecule has 0 spiro atoms. The summed E-state index contributed by atoms with van der Waals surface area (Å²) in [4.78, 5) is 25.7. The van der Waals surface area contributed by atoms with Gasteiger partial charge in [0.2, 0.25) is 0 Å². The molecule has 0 saturated carbocycles. The predicted molar refractivity (Wildman–Crippen MR) is 93.2 cm³/mol. The molecule has 128 valence electrons. The molecule has 1 atom stereocenters. The molecule has 0 N–H and O–H groups in total. The molecule has 2 aromatic rings. The van der Waals surface area contributed by atoms with E-state index in [-0.39, 0.29) is 6.03 Å². The van der Waals surface area contributed by atoms with Gasteiger partial charge in [-0.05, 0) is 25.7 Å². The maximum Gasteiger partial charge on any atom is 0.320 e. The predicted octanol–water partition coefficient (Wildman–Crippen LogP) is 2.78. The largest absolute Gasteiger partial charge is 0.329 e. The van der Waals surface area contributed by atoms with E-state index in [4.69, 9.17) is 0 Å². The lowest BCUT2D eigenvalue weighted by molar-refractivity contribution is 0.145. The summed E-state index contributed by atoms with van der Waals surface area (Å²) >= 11 is 1.62. The van der Waals surface area contributed by atoms with Gasteiger partial charge in [-0.3, -0.25) is 0 Å². The molecule has 2 saturated heterocycles. The van der Waals surface area contributed by atoms with Crippen LogP contribution in [0.4, 0.5) is 4.79 Å². The number of imidazole rings is 1. The van der Waals surface area contributed by atoms with Crippen molar-refractivity contribution < 1.29 is 4.79 Å². The number of urea groups is 1. The third-order valence-corrected chi connectivity index (χ3v) is 5.63. The number of nitrogens with zero attached hydrogens (tertiary/aromatic N) is 5. The molecule has 0 bridgehead atoms. The highest BCUT2D eigenvalue weighted by Gasteiger charge is 2.30. The van der Waals surface area contributed by atoms with Crippen LogP contribution < -0.4 is 0 Å². The van der Waals surface area contributed by atoms with Crippen LogP contribution in [0.3, 0.4) is 0 Å². The number of carbonyl (C=O) groups is 1. The fourth-order valence-electron chi connectivity index (χ4n) is 3.77. The summed E-state index contributed by atoms with van der Waals surface area (Å²) in [6.07, 6.45) is 8.31. The van der Waals surface area contributed by atoms with Crippen LogP contribution in [0.25, 0.3) is 0 Å². The zero-order valence-electron chi connectivity index (χ0n) is 13.8. The van der Waals surface area contributed by atoms with E-state index in [2.05, 4.69) is 19.9 Å². The molecule has 2 aromatic heterocycles. The molecule has 4 rings (SSSR count). The Morgan fingerprint density at radius 3 is 2.79 bits per heavy atom. The molecule has 0 aliphatic carbocycles. The molecule has 6 nitrogen and oxygen atoms in total. The minimum absolute atomic E-state index is 0.217. The first-order valence-electron chi connectivity index (χ1n) is 8.73. The minimum atomic E-state index is 0.217. The second-order valence-corrected chi connectivity index (χ2v) is 7.37. The van der Waals surface area contributed by atoms with Gasteiger partial charge in [-0.25, -0.2) is 14.8 Å². The van der Waals surface area contributed by atoms with Gasteiger partial charge in [0.25, 0.3) is 0 Å². The van der Waals surface area contributed by atoms with E-state index in [0.29, 0.717) is 5.92 Å². The van der Waals surface area contributed by atoms with Gasteiger partial charge in [0.1, 0.15) is 5.82 Å². The van der Waals surface area contributed by atoms with Crippen molar-refractivity contribution >= 4 is 17.4 Å². The number of amides is 2. The van der Waals surface area contributed by atoms with Gasteiger partial charge in [-0.2, -0.15) is 0 Å². The quantitative estimate of drug-likeness (QED) is 0.859. The van der Waals surface area contributed by atoms with Crippen molar-refractivity contribution in [3.05, 3.63) is 34.8 Å². The normalized spacial score (nSPS) is 21.4. The van der Waals surface area contributed by atoms with Gasteiger partial charge in [0, 0.05) is 49.9 Å². The second kappa shape index (κ2) is 6.93. The fourth-order valence-corrected chi connectivity index (χ4v) is 4.32. The van der Waals surface area contributed by atoms with Crippen LogP contribution in [0.1, 0.15) is 43.1 Å². The first-order chi connectivity index (χ1) is 11.8. The Labute approximate surface area is 146 Å². The molecule has 0 radical (unpaired) electrons. The molecule has 0 aromatic carbocycles. The molecular weight excluding hydrogens is 322 g/mol. The maximum absolute atomic E-state index is 12.7. The SMILES string of the molecule is O=C(N1CCCC1)N1CCC[C@H](c2nccn2Cc2cscn2)C1. The van der Waals surface area contributed by atoms with Crippen LogP contribution in [-0.2, 0) is 6.54 Å². The molecule has 2 aliphatic rings. The number of hydrogen-bond donors (Lipinski definition) is 0. The molecule has 2 fully saturated rings. The maximum atomic E-state index is 12.7. The number of rotatable bonds is 3. The van der Waals surface area contributed by atoms with E-state index in [1.165, 1.54) is 0 Å². The molecule has 0 unspecified atom stereocenters. The van der Waals surface area contributed by atoms with Gasteiger partial charge in [-0.1, -0.05) is 0 Å². The topological polar surface area (TPSA) is 54.3 Å². The van der Waals surface area contributed by atoms with Crippen LogP contribution in [0.15, 0.2) is 23.3 Å². The molecule has 2 amide bonds. The lowest BCUT2D eigenvalue weighted by atomic mass is 9.97. The number of aromatic nitrogens is 3. The smallest absolute Gasteiger partial charge is 0.320 e. The summed E-state index contributed by atoms with van der Waals surface area (Å²) in [7, 11) is 0. The van der Waals surface area contributed by atoms with E-state index in [0.717, 1.165) is 69.9 Å². The monoisotopic (exact) mass is 345 g/mol. The van der Waals surface area contributed by atoms with E-state index in [1.807, 2.05) is 27.7 Å². The van der Waals surface area contributed by atoms with Gasteiger partial charge in [-0.15, -0.1) is 11.3 Å². The van der Waals surface area contributed by atoms with Crippen LogP contribution in [0.5, 0.6) is 0 Å². The van der Waals surface area contributed by atoms with Crippen molar-refractivity contribution in [1.29, 1.82) is 0 Å². The lowest BCUT2D eigenvalue weighted by Gasteiger charge is -2.35. The average Bonchev–Trinajstić information content (AvgIpc) is 3.37. The zero-order valence-corrected chi connectivity index (χ0v) is 14.6. The zero-order chi connectivity index (χ0) is 16.4. The summed E-state index contributed by atoms with van der Waals surface area (Å²) in [5.74, 6) is 1.40. The number of thiazole rings is 1. The van der Waals surface area contributed by atoms with Crippen LogP contribution >= 0.6 is 11.3 Å². The van der Waals surface area contributed by atoms with Crippen LogP contribution in [0.2, 0.25) is 0 Å². The van der Waals surface area contributed by atoms with Crippen LogP contribution in [0, 0.1) is 0 Å². The standard InChI is InChI=1S/C17H23N5OS/c23-17(20-6-1-2-7-20)22-8-3-4-14(10-22)16-18-5-9-21(16)11-15-12-24-13-19-15/h5,9,12-14H,1-4,6-8,10-11H2/t14-/m0/s1. The summed E-state index contributed by atoms with van der Waals surface area (Å²) in [5.41, 5.74) is 2.93. The summed E-state index contributed by atoms with van der Waals surface area (Å²) in [5, 5.41) is 2.08. The van der Waals surface area contributed by atoms with E-state index >= 15 is 0 Å². The van der Waals surface area contributed by atoms with Crippen molar-refractivity contribution in [3.63, 3.8) is 0 Å². The highest BCUT2D eigenvalue weighted by molar-refractivity contribution is 7.07. The fraction of sp³-hybridized carbons (Fsp3) is 0.588. The highest BCUT2D eigenvalue weighted by atomic mass is 32.1. The Morgan fingerprint density at radius 2 is 2.00 bits per heavy atom. The Hall–Kier alpha value is -1.89. The van der Waals surface area contributed by atoms with Gasteiger partial charge < -0.3 is 14.4 Å². The van der Waals surface area contributed by atoms with Crippen molar-refractivity contribution in [2.75, 3.05) is 26.2 Å². The van der Waals surface area contributed by atoms with Gasteiger partial charge in [0.15, 0.2) is 0 Å². The van der Waals surface area contributed by atoms with Crippen molar-refractivity contribution in [1.82, 2.24) is 24.3 Å².